The number of carbonyl (C=O) groups is 3. The number of esters is 2. The molecular weight excluding hydrogens is 436 g/mol. The van der Waals surface area contributed by atoms with Crippen molar-refractivity contribution >= 4 is 18.0 Å². The van der Waals surface area contributed by atoms with Crippen molar-refractivity contribution < 1.29 is 38.1 Å². The lowest BCUT2D eigenvalue weighted by molar-refractivity contribution is 0.0564. The lowest BCUT2D eigenvalue weighted by Gasteiger charge is -2.25. The van der Waals surface area contributed by atoms with Gasteiger partial charge < -0.3 is 33.6 Å². The van der Waals surface area contributed by atoms with E-state index in [9.17, 15) is 19.2 Å². The zero-order valence-corrected chi connectivity index (χ0v) is 18.4. The third-order valence-electron chi connectivity index (χ3n) is 5.10. The molecule has 3 rings (SSSR count). The van der Waals surface area contributed by atoms with Gasteiger partial charge in [-0.3, -0.25) is 4.79 Å². The smallest absolute Gasteiger partial charge is 0.407 e. The number of amides is 1. The van der Waals surface area contributed by atoms with Gasteiger partial charge in [0.05, 0.1) is 46.6 Å². The summed E-state index contributed by atoms with van der Waals surface area (Å²) < 4.78 is 26.7. The molecule has 1 N–H and O–H groups in total. The van der Waals surface area contributed by atoms with Gasteiger partial charge in [0, 0.05) is 6.20 Å². The number of nitrogens with zero attached hydrogens (tertiary/aromatic N) is 1. The number of nitrogens with one attached hydrogen (secondary N) is 1. The fourth-order valence-corrected chi connectivity index (χ4v) is 3.48. The molecular formula is C22H24N2O9. The zero-order valence-electron chi connectivity index (χ0n) is 18.4. The first-order valence-electron chi connectivity index (χ1n) is 9.96. The summed E-state index contributed by atoms with van der Waals surface area (Å²) in [5.41, 5.74) is -0.587. The molecule has 0 unspecified atom stereocenters. The predicted molar refractivity (Wildman–Crippen MR) is 113 cm³/mol. The molecule has 0 spiro atoms. The van der Waals surface area contributed by atoms with Gasteiger partial charge >= 0.3 is 18.0 Å². The van der Waals surface area contributed by atoms with Crippen molar-refractivity contribution in [3.05, 3.63) is 63.6 Å². The highest BCUT2D eigenvalue weighted by molar-refractivity contribution is 5.94. The number of hydrogen-bond donors (Lipinski definition) is 1. The normalized spacial score (nSPS) is 17.2. The van der Waals surface area contributed by atoms with Crippen LogP contribution in [0.5, 0.6) is 5.75 Å². The van der Waals surface area contributed by atoms with Crippen LogP contribution >= 0.6 is 0 Å². The average Bonchev–Trinajstić information content (AvgIpc) is 3.29. The van der Waals surface area contributed by atoms with Gasteiger partial charge in [0.25, 0.3) is 0 Å². The summed E-state index contributed by atoms with van der Waals surface area (Å²) in [4.78, 5) is 49.8. The monoisotopic (exact) mass is 460 g/mol. The Labute approximate surface area is 189 Å². The maximum absolute atomic E-state index is 12.7. The third kappa shape index (κ3) is 5.14. The Balaban J connectivity index is 1.92. The Bertz CT molecular complexity index is 1080. The standard InChI is InChI=1S/C22H24N2O9/c1-29-19-17(21(27)31-3)24(9-14(18(19)25)20(26)30-2)16-12-32-11-15(16)23-22(28)33-10-13-7-5-4-6-8-13/h4-9,15-16H,10-12H2,1-3H3,(H,23,28)/t15-,16+/m1/s1. The molecule has 1 fully saturated rings. The number of pyridine rings is 1. The molecule has 2 heterocycles. The molecule has 1 amide bonds. The SMILES string of the molecule is COC(=O)c1cn([C@H]2COC[C@H]2NC(=O)OCc2ccccc2)c(C(=O)OC)c(OC)c1=O. The molecule has 1 aromatic carbocycles. The molecule has 1 aliphatic heterocycles. The van der Waals surface area contributed by atoms with Crippen molar-refractivity contribution in [2.75, 3.05) is 34.5 Å². The van der Waals surface area contributed by atoms with E-state index in [2.05, 4.69) is 10.1 Å². The Hall–Kier alpha value is -3.86. The Morgan fingerprint density at radius 3 is 2.39 bits per heavy atom. The summed E-state index contributed by atoms with van der Waals surface area (Å²) in [6.07, 6.45) is 0.479. The number of carbonyl (C=O) groups excluding carboxylic acids is 3. The van der Waals surface area contributed by atoms with Gasteiger partial charge in [-0.05, 0) is 5.56 Å². The van der Waals surface area contributed by atoms with Gasteiger partial charge in [-0.2, -0.15) is 0 Å². The molecule has 0 aliphatic carbocycles. The van der Waals surface area contributed by atoms with Crippen molar-refractivity contribution in [3.8, 4) is 5.75 Å². The van der Waals surface area contributed by atoms with Crippen molar-refractivity contribution in [1.29, 1.82) is 0 Å². The van der Waals surface area contributed by atoms with E-state index in [1.807, 2.05) is 30.3 Å². The minimum Gasteiger partial charge on any atom is -0.491 e. The summed E-state index contributed by atoms with van der Waals surface area (Å²) in [5, 5.41) is 2.70. The van der Waals surface area contributed by atoms with E-state index >= 15 is 0 Å². The van der Waals surface area contributed by atoms with E-state index in [0.29, 0.717) is 0 Å². The Morgan fingerprint density at radius 2 is 1.76 bits per heavy atom. The highest BCUT2D eigenvalue weighted by atomic mass is 16.6. The predicted octanol–water partition coefficient (Wildman–Crippen LogP) is 1.30. The summed E-state index contributed by atoms with van der Waals surface area (Å²) in [6.45, 7) is 0.241. The van der Waals surface area contributed by atoms with E-state index in [1.54, 1.807) is 0 Å². The van der Waals surface area contributed by atoms with Crippen LogP contribution in [-0.2, 0) is 25.6 Å². The highest BCUT2D eigenvalue weighted by Gasteiger charge is 2.36. The van der Waals surface area contributed by atoms with E-state index in [1.165, 1.54) is 17.9 Å². The van der Waals surface area contributed by atoms with Crippen LogP contribution in [0.4, 0.5) is 4.79 Å². The van der Waals surface area contributed by atoms with Gasteiger partial charge in [0.1, 0.15) is 12.2 Å². The van der Waals surface area contributed by atoms with Gasteiger partial charge in [0.2, 0.25) is 5.43 Å². The first kappa shape index (κ1) is 23.8. The van der Waals surface area contributed by atoms with Crippen LogP contribution in [0, 0.1) is 0 Å². The van der Waals surface area contributed by atoms with Gasteiger partial charge in [0.15, 0.2) is 11.4 Å². The topological polar surface area (TPSA) is 131 Å². The number of benzene rings is 1. The van der Waals surface area contributed by atoms with Crippen LogP contribution in [0.3, 0.4) is 0 Å². The quantitative estimate of drug-likeness (QED) is 0.480. The summed E-state index contributed by atoms with van der Waals surface area (Å²) in [7, 11) is 3.46. The lowest BCUT2D eigenvalue weighted by atomic mass is 10.1. The molecule has 1 saturated heterocycles. The summed E-state index contributed by atoms with van der Waals surface area (Å²) in [5.74, 6) is -2.16. The van der Waals surface area contributed by atoms with Crippen LogP contribution in [0.2, 0.25) is 0 Å². The van der Waals surface area contributed by atoms with Crippen LogP contribution in [0.25, 0.3) is 0 Å². The molecule has 0 saturated carbocycles. The van der Waals surface area contributed by atoms with Gasteiger partial charge in [-0.25, -0.2) is 14.4 Å². The minimum atomic E-state index is -0.908. The molecule has 0 radical (unpaired) electrons. The van der Waals surface area contributed by atoms with E-state index in [4.69, 9.17) is 18.9 Å². The molecule has 1 aromatic heterocycles. The minimum absolute atomic E-state index is 0.0661. The van der Waals surface area contributed by atoms with Crippen molar-refractivity contribution in [3.63, 3.8) is 0 Å². The van der Waals surface area contributed by atoms with Crippen molar-refractivity contribution in [2.24, 2.45) is 0 Å². The first-order valence-corrected chi connectivity index (χ1v) is 9.96. The van der Waals surface area contributed by atoms with Gasteiger partial charge in [-0.1, -0.05) is 30.3 Å². The molecule has 2 atom stereocenters. The molecule has 33 heavy (non-hydrogen) atoms. The van der Waals surface area contributed by atoms with Crippen LogP contribution in [-0.4, -0.2) is 63.2 Å². The molecule has 11 nitrogen and oxygen atoms in total. The molecule has 1 aliphatic rings. The number of rotatable bonds is 7. The summed E-state index contributed by atoms with van der Waals surface area (Å²) in [6, 6.07) is 7.82. The number of methoxy groups -OCH3 is 3. The summed E-state index contributed by atoms with van der Waals surface area (Å²) >= 11 is 0. The number of alkyl carbamates (subject to hydrolysis) is 1. The fourth-order valence-electron chi connectivity index (χ4n) is 3.48. The molecule has 176 valence electrons. The lowest BCUT2D eigenvalue weighted by Crippen LogP contribution is -2.42. The fraction of sp³-hybridized carbons (Fsp3) is 0.364. The second-order valence-corrected chi connectivity index (χ2v) is 7.06. The average molecular weight is 460 g/mol. The van der Waals surface area contributed by atoms with Crippen LogP contribution in [0.1, 0.15) is 32.5 Å². The number of ether oxygens (including phenoxy) is 5. The maximum Gasteiger partial charge on any atom is 0.407 e. The van der Waals surface area contributed by atoms with Crippen LogP contribution in [0.15, 0.2) is 41.3 Å². The van der Waals surface area contributed by atoms with Crippen molar-refractivity contribution in [2.45, 2.75) is 18.7 Å². The van der Waals surface area contributed by atoms with E-state index in [0.717, 1.165) is 19.8 Å². The van der Waals surface area contributed by atoms with Crippen molar-refractivity contribution in [1.82, 2.24) is 9.88 Å². The largest absolute Gasteiger partial charge is 0.491 e. The number of aromatic nitrogens is 1. The van der Waals surface area contributed by atoms with E-state index < -0.39 is 35.5 Å². The van der Waals surface area contributed by atoms with Crippen LogP contribution < -0.4 is 15.5 Å². The Kier molecular flexibility index (Phi) is 7.67. The first-order chi connectivity index (χ1) is 15.9. The molecule has 2 aromatic rings. The second-order valence-electron chi connectivity index (χ2n) is 7.06. The van der Waals surface area contributed by atoms with E-state index in [-0.39, 0.29) is 36.8 Å². The Morgan fingerprint density at radius 1 is 1.06 bits per heavy atom. The molecule has 0 bridgehead atoms. The third-order valence-corrected chi connectivity index (χ3v) is 5.10. The maximum atomic E-state index is 12.7. The zero-order chi connectivity index (χ0) is 24.0. The second kappa shape index (κ2) is 10.6. The molecule has 11 heteroatoms. The van der Waals surface area contributed by atoms with Gasteiger partial charge in [-0.15, -0.1) is 0 Å². The highest BCUT2D eigenvalue weighted by Crippen LogP contribution is 2.27. The number of hydrogen-bond acceptors (Lipinski definition) is 9.